The van der Waals surface area contributed by atoms with Gasteiger partial charge in [-0.3, -0.25) is 4.90 Å². The first-order chi connectivity index (χ1) is 8.74. The van der Waals surface area contributed by atoms with E-state index in [-0.39, 0.29) is 12.1 Å². The smallest absolute Gasteiger partial charge is 0.123 e. The number of ether oxygens (including phenoxy) is 1. The molecule has 0 radical (unpaired) electrons. The van der Waals surface area contributed by atoms with Gasteiger partial charge < -0.3 is 10.5 Å². The Morgan fingerprint density at radius 1 is 1.44 bits per heavy atom. The van der Waals surface area contributed by atoms with Gasteiger partial charge in [0.2, 0.25) is 0 Å². The second kappa shape index (κ2) is 4.86. The molecular formula is C14H18N2OS. The molecule has 2 atom stereocenters. The molecule has 0 amide bonds. The van der Waals surface area contributed by atoms with E-state index < -0.39 is 0 Å². The molecule has 1 saturated heterocycles. The zero-order valence-corrected chi connectivity index (χ0v) is 11.2. The number of nitrogens with zero attached hydrogens (tertiary/aromatic N) is 1. The average molecular weight is 262 g/mol. The Hall–Kier alpha value is -1.13. The van der Waals surface area contributed by atoms with Gasteiger partial charge in [-0.2, -0.15) is 0 Å². The van der Waals surface area contributed by atoms with Crippen LogP contribution in [0.3, 0.4) is 0 Å². The van der Waals surface area contributed by atoms with E-state index in [0.717, 1.165) is 31.7 Å². The van der Waals surface area contributed by atoms with Crippen molar-refractivity contribution in [3.05, 3.63) is 29.8 Å². The van der Waals surface area contributed by atoms with Crippen LogP contribution >= 0.6 is 12.2 Å². The summed E-state index contributed by atoms with van der Waals surface area (Å²) in [6, 6.07) is 8.55. The number of para-hydroxylation sites is 1. The third-order valence-corrected chi connectivity index (χ3v) is 4.12. The van der Waals surface area contributed by atoms with Crippen molar-refractivity contribution in [1.82, 2.24) is 4.90 Å². The molecule has 2 unspecified atom stereocenters. The normalized spacial score (nSPS) is 26.9. The lowest BCUT2D eigenvalue weighted by Gasteiger charge is -2.26. The van der Waals surface area contributed by atoms with Crippen LogP contribution in [0.5, 0.6) is 5.75 Å². The van der Waals surface area contributed by atoms with Crippen molar-refractivity contribution in [2.45, 2.75) is 31.4 Å². The minimum Gasteiger partial charge on any atom is -0.488 e. The van der Waals surface area contributed by atoms with Crippen LogP contribution in [0, 0.1) is 0 Å². The highest BCUT2D eigenvalue weighted by molar-refractivity contribution is 7.80. The first-order valence-electron chi connectivity index (χ1n) is 6.52. The predicted octanol–water partition coefficient (Wildman–Crippen LogP) is 1.74. The molecule has 1 aromatic carbocycles. The molecule has 1 aromatic rings. The van der Waals surface area contributed by atoms with Gasteiger partial charge >= 0.3 is 0 Å². The van der Waals surface area contributed by atoms with Crippen molar-refractivity contribution in [3.63, 3.8) is 0 Å². The fourth-order valence-corrected chi connectivity index (χ4v) is 3.25. The Balaban J connectivity index is 1.64. The molecule has 2 N–H and O–H groups in total. The fourth-order valence-electron chi connectivity index (χ4n) is 2.98. The van der Waals surface area contributed by atoms with Crippen molar-refractivity contribution in [3.8, 4) is 5.75 Å². The quantitative estimate of drug-likeness (QED) is 0.842. The number of nitrogens with two attached hydrogens (primary N) is 1. The molecule has 0 saturated carbocycles. The lowest BCUT2D eigenvalue weighted by atomic mass is 10.1. The number of fused-ring (bicyclic) bond motifs is 1. The molecule has 18 heavy (non-hydrogen) atoms. The van der Waals surface area contributed by atoms with Crippen LogP contribution < -0.4 is 10.5 Å². The molecular weight excluding hydrogens is 244 g/mol. The molecule has 96 valence electrons. The Morgan fingerprint density at radius 2 is 2.28 bits per heavy atom. The second-order valence-corrected chi connectivity index (χ2v) is 5.58. The number of hydrogen-bond donors (Lipinski definition) is 1. The van der Waals surface area contributed by atoms with Crippen LogP contribution in [0.15, 0.2) is 24.3 Å². The van der Waals surface area contributed by atoms with E-state index in [1.807, 2.05) is 12.1 Å². The van der Waals surface area contributed by atoms with Crippen molar-refractivity contribution < 1.29 is 4.74 Å². The zero-order valence-electron chi connectivity index (χ0n) is 10.3. The Morgan fingerprint density at radius 3 is 3.06 bits per heavy atom. The first-order valence-corrected chi connectivity index (χ1v) is 6.93. The molecule has 4 heteroatoms. The lowest BCUT2D eigenvalue weighted by Crippen LogP contribution is -2.43. The summed E-state index contributed by atoms with van der Waals surface area (Å²) >= 11 is 5.14. The summed E-state index contributed by atoms with van der Waals surface area (Å²) in [5.74, 6) is 1.04. The van der Waals surface area contributed by atoms with Crippen LogP contribution in [-0.2, 0) is 6.42 Å². The van der Waals surface area contributed by atoms with E-state index in [4.69, 9.17) is 22.7 Å². The van der Waals surface area contributed by atoms with Crippen molar-refractivity contribution in [2.75, 3.05) is 13.1 Å². The van der Waals surface area contributed by atoms with E-state index in [0.29, 0.717) is 4.99 Å². The minimum atomic E-state index is 0.248. The zero-order chi connectivity index (χ0) is 12.5. The van der Waals surface area contributed by atoms with Crippen LogP contribution in [-0.4, -0.2) is 35.1 Å². The van der Waals surface area contributed by atoms with Gasteiger partial charge in [0.05, 0.1) is 11.0 Å². The molecule has 3 nitrogen and oxygen atoms in total. The molecule has 0 spiro atoms. The van der Waals surface area contributed by atoms with Gasteiger partial charge in [0, 0.05) is 13.0 Å². The van der Waals surface area contributed by atoms with E-state index in [1.165, 1.54) is 12.0 Å². The first kappa shape index (κ1) is 11.9. The Bertz CT molecular complexity index is 438. The van der Waals surface area contributed by atoms with Crippen LogP contribution in [0.1, 0.15) is 18.4 Å². The average Bonchev–Trinajstić information content (AvgIpc) is 2.94. The monoisotopic (exact) mass is 262 g/mol. The maximum absolute atomic E-state index is 5.97. The summed E-state index contributed by atoms with van der Waals surface area (Å²) in [5, 5.41) is 0. The summed E-state index contributed by atoms with van der Waals surface area (Å²) in [6.07, 6.45) is 3.52. The van der Waals surface area contributed by atoms with E-state index in [9.17, 15) is 0 Å². The summed E-state index contributed by atoms with van der Waals surface area (Å²) in [6.45, 7) is 2.01. The van der Waals surface area contributed by atoms with Gasteiger partial charge in [0.25, 0.3) is 0 Å². The molecule has 0 aliphatic carbocycles. The van der Waals surface area contributed by atoms with Crippen molar-refractivity contribution in [1.29, 1.82) is 0 Å². The fraction of sp³-hybridized carbons (Fsp3) is 0.500. The van der Waals surface area contributed by atoms with Gasteiger partial charge in [-0.25, -0.2) is 0 Å². The number of hydrogen-bond acceptors (Lipinski definition) is 3. The standard InChI is InChI=1S/C14H18N2OS/c15-14(18)12-5-3-7-16(12)9-11-8-10-4-1-2-6-13(10)17-11/h1-2,4,6,11-12H,3,5,7-9H2,(H2,15,18). The third-order valence-electron chi connectivity index (χ3n) is 3.84. The number of benzene rings is 1. The predicted molar refractivity (Wildman–Crippen MR) is 75.9 cm³/mol. The van der Waals surface area contributed by atoms with Crippen LogP contribution in [0.2, 0.25) is 0 Å². The highest BCUT2D eigenvalue weighted by atomic mass is 32.1. The van der Waals surface area contributed by atoms with Gasteiger partial charge in [-0.05, 0) is 31.0 Å². The van der Waals surface area contributed by atoms with Crippen molar-refractivity contribution >= 4 is 17.2 Å². The number of likely N-dealkylation sites (tertiary alicyclic amines) is 1. The van der Waals surface area contributed by atoms with E-state index in [1.54, 1.807) is 0 Å². The summed E-state index contributed by atoms with van der Waals surface area (Å²) in [5.41, 5.74) is 7.11. The van der Waals surface area contributed by atoms with E-state index in [2.05, 4.69) is 17.0 Å². The molecule has 1 fully saturated rings. The van der Waals surface area contributed by atoms with Gasteiger partial charge in [-0.1, -0.05) is 30.4 Å². The second-order valence-electron chi connectivity index (χ2n) is 5.11. The highest BCUT2D eigenvalue weighted by Gasteiger charge is 2.31. The highest BCUT2D eigenvalue weighted by Crippen LogP contribution is 2.29. The van der Waals surface area contributed by atoms with Crippen LogP contribution in [0.4, 0.5) is 0 Å². The van der Waals surface area contributed by atoms with Gasteiger partial charge in [0.15, 0.2) is 0 Å². The van der Waals surface area contributed by atoms with Gasteiger partial charge in [-0.15, -0.1) is 0 Å². The summed E-state index contributed by atoms with van der Waals surface area (Å²) < 4.78 is 5.97. The molecule has 3 rings (SSSR count). The van der Waals surface area contributed by atoms with Gasteiger partial charge in [0.1, 0.15) is 11.9 Å². The number of thiocarbonyl (C=S) groups is 1. The Kier molecular flexibility index (Phi) is 3.22. The lowest BCUT2D eigenvalue weighted by molar-refractivity contribution is 0.158. The molecule has 2 aliphatic heterocycles. The minimum absolute atomic E-state index is 0.248. The summed E-state index contributed by atoms with van der Waals surface area (Å²) in [7, 11) is 0. The Labute approximate surface area is 113 Å². The maximum Gasteiger partial charge on any atom is 0.123 e. The largest absolute Gasteiger partial charge is 0.488 e. The molecule has 0 bridgehead atoms. The molecule has 2 heterocycles. The SMILES string of the molecule is NC(=S)C1CCCN1CC1Cc2ccccc2O1. The third kappa shape index (κ3) is 2.22. The van der Waals surface area contributed by atoms with Crippen molar-refractivity contribution in [2.24, 2.45) is 5.73 Å². The maximum atomic E-state index is 5.97. The number of rotatable bonds is 3. The van der Waals surface area contributed by atoms with E-state index >= 15 is 0 Å². The molecule has 2 aliphatic rings. The van der Waals surface area contributed by atoms with Crippen LogP contribution in [0.25, 0.3) is 0 Å². The summed E-state index contributed by atoms with van der Waals surface area (Å²) in [4.78, 5) is 3.00. The molecule has 0 aromatic heterocycles. The topological polar surface area (TPSA) is 38.5 Å².